The summed E-state index contributed by atoms with van der Waals surface area (Å²) >= 11 is 0.795. The highest BCUT2D eigenvalue weighted by Gasteiger charge is 2.21. The second kappa shape index (κ2) is 5.98. The van der Waals surface area contributed by atoms with Crippen molar-refractivity contribution in [3.05, 3.63) is 75.9 Å². The van der Waals surface area contributed by atoms with Gasteiger partial charge in [0.2, 0.25) is 4.80 Å². The Morgan fingerprint density at radius 2 is 1.52 bits per heavy atom. The molecule has 0 atom stereocenters. The first-order valence-electron chi connectivity index (χ1n) is 6.70. The molecular weight excluding hydrogens is 334 g/mol. The monoisotopic (exact) mass is 347 g/mol. The predicted octanol–water partition coefficient (Wildman–Crippen LogP) is 1.72. The third-order valence-electron chi connectivity index (χ3n) is 3.13. The standard InChI is InChI=1S/C15H13N3O3S2/c1-17-14(16-12-8-4-2-5-9-12)22-18(15(17)19)23(20,21)13-10-6-3-7-11-13/h2-11H,1H3. The van der Waals surface area contributed by atoms with Gasteiger partial charge in [-0.25, -0.2) is 9.79 Å². The van der Waals surface area contributed by atoms with Crippen LogP contribution in [0.5, 0.6) is 0 Å². The molecule has 0 N–H and O–H groups in total. The normalized spacial score (nSPS) is 12.5. The molecule has 0 radical (unpaired) electrons. The Balaban J connectivity index is 2.19. The Bertz CT molecular complexity index is 1050. The molecule has 0 aliphatic carbocycles. The van der Waals surface area contributed by atoms with Gasteiger partial charge in [-0.3, -0.25) is 4.57 Å². The fraction of sp³-hybridized carbons (Fsp3) is 0.0667. The van der Waals surface area contributed by atoms with Crippen LogP contribution in [-0.4, -0.2) is 16.3 Å². The molecule has 0 aliphatic heterocycles. The highest BCUT2D eigenvalue weighted by Crippen LogP contribution is 2.13. The van der Waals surface area contributed by atoms with E-state index in [4.69, 9.17) is 0 Å². The Morgan fingerprint density at radius 1 is 0.957 bits per heavy atom. The average molecular weight is 347 g/mol. The summed E-state index contributed by atoms with van der Waals surface area (Å²) in [5.74, 6) is 0. The van der Waals surface area contributed by atoms with Crippen LogP contribution in [0.4, 0.5) is 5.69 Å². The molecule has 2 aromatic carbocycles. The summed E-state index contributed by atoms with van der Waals surface area (Å²) in [6.07, 6.45) is 0. The van der Waals surface area contributed by atoms with Crippen LogP contribution in [0.25, 0.3) is 0 Å². The van der Waals surface area contributed by atoms with Crippen LogP contribution in [0.1, 0.15) is 0 Å². The maximum absolute atomic E-state index is 12.6. The molecule has 1 aromatic heterocycles. The molecule has 0 unspecified atom stereocenters. The highest BCUT2D eigenvalue weighted by atomic mass is 32.3. The van der Waals surface area contributed by atoms with Crippen LogP contribution in [0.3, 0.4) is 0 Å². The molecule has 23 heavy (non-hydrogen) atoms. The van der Waals surface area contributed by atoms with Crippen LogP contribution in [0.15, 0.2) is 75.3 Å². The molecule has 3 rings (SSSR count). The zero-order chi connectivity index (χ0) is 16.4. The third-order valence-corrected chi connectivity index (χ3v) is 6.26. The summed E-state index contributed by atoms with van der Waals surface area (Å²) < 4.78 is 27.2. The topological polar surface area (TPSA) is 73.4 Å². The first kappa shape index (κ1) is 15.4. The second-order valence-electron chi connectivity index (χ2n) is 4.71. The highest BCUT2D eigenvalue weighted by molar-refractivity contribution is 7.91. The van der Waals surface area contributed by atoms with E-state index in [1.54, 1.807) is 30.3 Å². The first-order valence-corrected chi connectivity index (χ1v) is 8.91. The number of hydrogen-bond donors (Lipinski definition) is 0. The smallest absolute Gasteiger partial charge is 0.270 e. The van der Waals surface area contributed by atoms with Crippen molar-refractivity contribution in [2.24, 2.45) is 12.0 Å². The minimum atomic E-state index is -3.92. The number of benzene rings is 2. The lowest BCUT2D eigenvalue weighted by molar-refractivity contribution is 0.587. The van der Waals surface area contributed by atoms with Crippen molar-refractivity contribution in [1.82, 2.24) is 7.93 Å². The number of aromatic nitrogens is 2. The van der Waals surface area contributed by atoms with E-state index in [1.807, 2.05) is 18.2 Å². The van der Waals surface area contributed by atoms with Crippen molar-refractivity contribution in [2.45, 2.75) is 4.90 Å². The van der Waals surface area contributed by atoms with Crippen molar-refractivity contribution in [2.75, 3.05) is 0 Å². The fourth-order valence-electron chi connectivity index (χ4n) is 1.93. The van der Waals surface area contributed by atoms with E-state index in [0.29, 0.717) is 10.5 Å². The number of rotatable bonds is 3. The summed E-state index contributed by atoms with van der Waals surface area (Å²) in [6, 6.07) is 16.9. The first-order chi connectivity index (χ1) is 11.0. The van der Waals surface area contributed by atoms with E-state index in [2.05, 4.69) is 4.99 Å². The average Bonchev–Trinajstić information content (AvgIpc) is 2.86. The zero-order valence-electron chi connectivity index (χ0n) is 12.2. The molecule has 0 aliphatic rings. The molecule has 0 fully saturated rings. The molecule has 1 heterocycles. The largest absolute Gasteiger partial charge is 0.354 e. The lowest BCUT2D eigenvalue weighted by atomic mass is 10.3. The van der Waals surface area contributed by atoms with E-state index < -0.39 is 15.7 Å². The van der Waals surface area contributed by atoms with Crippen LogP contribution >= 0.6 is 11.5 Å². The summed E-state index contributed by atoms with van der Waals surface area (Å²) in [7, 11) is -2.42. The molecule has 6 nitrogen and oxygen atoms in total. The van der Waals surface area contributed by atoms with Gasteiger partial charge in [-0.1, -0.05) is 36.4 Å². The lowest BCUT2D eigenvalue weighted by Crippen LogP contribution is -2.29. The number of hydrogen-bond acceptors (Lipinski definition) is 5. The number of para-hydroxylation sites is 1. The molecule has 0 saturated carbocycles. The summed E-state index contributed by atoms with van der Waals surface area (Å²) in [5, 5.41) is 0. The van der Waals surface area contributed by atoms with E-state index >= 15 is 0 Å². The predicted molar refractivity (Wildman–Crippen MR) is 88.2 cm³/mol. The third kappa shape index (κ3) is 2.90. The SMILES string of the molecule is Cn1c(=Nc2ccccc2)sn(S(=O)(=O)c2ccccc2)c1=O. The molecule has 118 valence electrons. The van der Waals surface area contributed by atoms with Crippen molar-refractivity contribution in [3.63, 3.8) is 0 Å². The maximum Gasteiger partial charge on any atom is 0.354 e. The Hall–Kier alpha value is -2.45. The molecule has 0 bridgehead atoms. The molecule has 0 saturated heterocycles. The Labute approximate surface area is 136 Å². The van der Waals surface area contributed by atoms with Crippen LogP contribution in [-0.2, 0) is 17.1 Å². The van der Waals surface area contributed by atoms with Gasteiger partial charge in [0.05, 0.1) is 10.6 Å². The van der Waals surface area contributed by atoms with E-state index in [9.17, 15) is 13.2 Å². The molecule has 0 spiro atoms. The number of nitrogens with zero attached hydrogens (tertiary/aromatic N) is 3. The van der Waals surface area contributed by atoms with Gasteiger partial charge in [0.25, 0.3) is 10.0 Å². The van der Waals surface area contributed by atoms with Crippen molar-refractivity contribution >= 4 is 27.2 Å². The molecule has 8 heteroatoms. The van der Waals surface area contributed by atoms with Crippen LogP contribution < -0.4 is 10.5 Å². The Kier molecular flexibility index (Phi) is 4.01. The summed E-state index contributed by atoms with van der Waals surface area (Å²) in [4.78, 5) is 17.0. The van der Waals surface area contributed by atoms with Gasteiger partial charge in [0, 0.05) is 18.6 Å². The van der Waals surface area contributed by atoms with Gasteiger partial charge in [0.1, 0.15) is 0 Å². The molecular formula is C15H13N3O3S2. The van der Waals surface area contributed by atoms with Gasteiger partial charge >= 0.3 is 5.69 Å². The lowest BCUT2D eigenvalue weighted by Gasteiger charge is -2.01. The van der Waals surface area contributed by atoms with E-state index in [1.165, 1.54) is 23.7 Å². The van der Waals surface area contributed by atoms with Gasteiger partial charge in [0.15, 0.2) is 0 Å². The quantitative estimate of drug-likeness (QED) is 0.724. The van der Waals surface area contributed by atoms with Crippen molar-refractivity contribution in [3.8, 4) is 0 Å². The van der Waals surface area contributed by atoms with Crippen LogP contribution in [0, 0.1) is 0 Å². The fourth-order valence-corrected chi connectivity index (χ4v) is 4.49. The minimum absolute atomic E-state index is 0.0650. The van der Waals surface area contributed by atoms with Gasteiger partial charge < -0.3 is 0 Å². The van der Waals surface area contributed by atoms with E-state index in [0.717, 1.165) is 14.9 Å². The second-order valence-corrected chi connectivity index (χ2v) is 7.64. The molecule has 3 aromatic rings. The van der Waals surface area contributed by atoms with Crippen molar-refractivity contribution in [1.29, 1.82) is 0 Å². The Morgan fingerprint density at radius 3 is 2.13 bits per heavy atom. The minimum Gasteiger partial charge on any atom is -0.270 e. The summed E-state index contributed by atoms with van der Waals surface area (Å²) in [6.45, 7) is 0. The summed E-state index contributed by atoms with van der Waals surface area (Å²) in [5.41, 5.74) is 0.00198. The zero-order valence-corrected chi connectivity index (χ0v) is 13.8. The van der Waals surface area contributed by atoms with Crippen LogP contribution in [0.2, 0.25) is 0 Å². The van der Waals surface area contributed by atoms with E-state index in [-0.39, 0.29) is 4.90 Å². The maximum atomic E-state index is 12.6. The van der Waals surface area contributed by atoms with Gasteiger partial charge in [-0.05, 0) is 24.3 Å². The van der Waals surface area contributed by atoms with Gasteiger partial charge in [-0.15, -0.1) is 3.36 Å². The van der Waals surface area contributed by atoms with Gasteiger partial charge in [-0.2, -0.15) is 8.42 Å². The molecule has 0 amide bonds. The van der Waals surface area contributed by atoms with Crippen molar-refractivity contribution < 1.29 is 8.42 Å².